The summed E-state index contributed by atoms with van der Waals surface area (Å²) in [6, 6.07) is 8.78. The third kappa shape index (κ3) is 2.34. The Bertz CT molecular complexity index is 708. The Balaban J connectivity index is 1.78. The lowest BCUT2D eigenvalue weighted by Crippen LogP contribution is -2.21. The summed E-state index contributed by atoms with van der Waals surface area (Å²) in [6.45, 7) is 0. The molecule has 0 atom stereocenters. The third-order valence-corrected chi connectivity index (χ3v) is 2.47. The van der Waals surface area contributed by atoms with E-state index in [1.807, 2.05) is 18.2 Å². The molecule has 0 unspecified atom stereocenters. The maximum atomic E-state index is 11.8. The predicted octanol–water partition coefficient (Wildman–Crippen LogP) is 1.77. The predicted molar refractivity (Wildman–Crippen MR) is 69.9 cm³/mol. The molecular weight excluding hydrogens is 244 g/mol. The number of urea groups is 1. The molecule has 3 rings (SSSR count). The van der Waals surface area contributed by atoms with Gasteiger partial charge in [-0.3, -0.25) is 9.72 Å². The lowest BCUT2D eigenvalue weighted by atomic mass is 10.3. The number of hydrogen-bond acceptors (Lipinski definition) is 4. The van der Waals surface area contributed by atoms with Crippen LogP contribution in [0.15, 0.2) is 49.2 Å². The molecule has 7 heteroatoms. The highest BCUT2D eigenvalue weighted by atomic mass is 16.2. The van der Waals surface area contributed by atoms with Gasteiger partial charge in [0.25, 0.3) is 0 Å². The molecule has 3 aromatic rings. The molecule has 7 nitrogen and oxygen atoms in total. The molecule has 2 heterocycles. The normalized spacial score (nSPS) is 10.3. The first-order valence-corrected chi connectivity index (χ1v) is 5.59. The van der Waals surface area contributed by atoms with E-state index in [9.17, 15) is 4.79 Å². The number of nitrogens with zero attached hydrogens (tertiary/aromatic N) is 4. The van der Waals surface area contributed by atoms with Gasteiger partial charge in [0.2, 0.25) is 5.95 Å². The van der Waals surface area contributed by atoms with Crippen LogP contribution in [-0.2, 0) is 0 Å². The van der Waals surface area contributed by atoms with Gasteiger partial charge in [0, 0.05) is 5.69 Å². The fourth-order valence-electron chi connectivity index (χ4n) is 1.63. The quantitative estimate of drug-likeness (QED) is 0.730. The number of rotatable bonds is 2. The summed E-state index contributed by atoms with van der Waals surface area (Å²) in [4.78, 5) is 23.8. The van der Waals surface area contributed by atoms with E-state index in [1.165, 1.54) is 12.7 Å². The molecule has 94 valence electrons. The molecule has 0 radical (unpaired) electrons. The van der Waals surface area contributed by atoms with Crippen LogP contribution < -0.4 is 10.6 Å². The van der Waals surface area contributed by atoms with Crippen molar-refractivity contribution in [1.29, 1.82) is 0 Å². The van der Waals surface area contributed by atoms with Crippen molar-refractivity contribution in [3.05, 3.63) is 49.2 Å². The monoisotopic (exact) mass is 254 g/mol. The first-order valence-electron chi connectivity index (χ1n) is 5.59. The molecule has 0 fully saturated rings. The Labute approximate surface area is 108 Å². The number of benzene rings is 1. The number of para-hydroxylation sites is 1. The topological polar surface area (TPSA) is 84.2 Å². The van der Waals surface area contributed by atoms with Gasteiger partial charge in [0.15, 0.2) is 5.65 Å². The lowest BCUT2D eigenvalue weighted by Gasteiger charge is -2.07. The van der Waals surface area contributed by atoms with E-state index in [2.05, 4.69) is 25.6 Å². The molecule has 0 saturated carbocycles. The molecule has 2 aromatic heterocycles. The van der Waals surface area contributed by atoms with Gasteiger partial charge in [0.05, 0.1) is 6.20 Å². The summed E-state index contributed by atoms with van der Waals surface area (Å²) in [5, 5.41) is 5.34. The maximum absolute atomic E-state index is 11.8. The molecule has 19 heavy (non-hydrogen) atoms. The number of nitrogens with one attached hydrogen (secondary N) is 2. The zero-order chi connectivity index (χ0) is 13.1. The van der Waals surface area contributed by atoms with Crippen LogP contribution in [0.1, 0.15) is 0 Å². The second-order valence-electron chi connectivity index (χ2n) is 3.76. The van der Waals surface area contributed by atoms with Crippen molar-refractivity contribution in [2.75, 3.05) is 10.6 Å². The molecular formula is C12H10N6O. The molecule has 0 aliphatic rings. The smallest absolute Gasteiger partial charge is 0.308 e. The van der Waals surface area contributed by atoms with Crippen LogP contribution in [0, 0.1) is 0 Å². The number of amides is 2. The number of hydrogen-bond donors (Lipinski definition) is 2. The molecule has 1 aromatic carbocycles. The summed E-state index contributed by atoms with van der Waals surface area (Å²) in [7, 11) is 0. The minimum absolute atomic E-state index is 0.357. The van der Waals surface area contributed by atoms with Crippen molar-refractivity contribution in [3.8, 4) is 0 Å². The van der Waals surface area contributed by atoms with Gasteiger partial charge in [-0.2, -0.15) is 0 Å². The van der Waals surface area contributed by atoms with Crippen LogP contribution >= 0.6 is 0 Å². The van der Waals surface area contributed by atoms with Gasteiger partial charge >= 0.3 is 6.03 Å². The van der Waals surface area contributed by atoms with Crippen LogP contribution in [0.5, 0.6) is 0 Å². The summed E-state index contributed by atoms with van der Waals surface area (Å²) in [5.74, 6) is 0.357. The van der Waals surface area contributed by atoms with E-state index >= 15 is 0 Å². The molecule has 2 N–H and O–H groups in total. The fourth-order valence-corrected chi connectivity index (χ4v) is 1.63. The number of carbonyl (C=O) groups is 1. The molecule has 0 aliphatic carbocycles. The van der Waals surface area contributed by atoms with Gasteiger partial charge in [-0.25, -0.2) is 19.7 Å². The second kappa shape index (κ2) is 4.73. The largest absolute Gasteiger partial charge is 0.326 e. The summed E-state index contributed by atoms with van der Waals surface area (Å²) in [5.41, 5.74) is 1.32. The number of fused-ring (bicyclic) bond motifs is 1. The van der Waals surface area contributed by atoms with Crippen LogP contribution in [0.3, 0.4) is 0 Å². The van der Waals surface area contributed by atoms with E-state index in [0.717, 1.165) is 0 Å². The summed E-state index contributed by atoms with van der Waals surface area (Å²) in [6.07, 6.45) is 4.49. The fraction of sp³-hybridized carbons (Fsp3) is 0. The van der Waals surface area contributed by atoms with Crippen molar-refractivity contribution < 1.29 is 4.79 Å². The zero-order valence-corrected chi connectivity index (χ0v) is 9.82. The highest BCUT2D eigenvalue weighted by Gasteiger charge is 2.07. The molecule has 2 amide bonds. The summed E-state index contributed by atoms with van der Waals surface area (Å²) < 4.78 is 1.59. The van der Waals surface area contributed by atoms with E-state index in [1.54, 1.807) is 22.7 Å². The molecule has 0 spiro atoms. The van der Waals surface area contributed by atoms with Crippen LogP contribution in [0.2, 0.25) is 0 Å². The van der Waals surface area contributed by atoms with E-state index in [0.29, 0.717) is 17.3 Å². The highest BCUT2D eigenvalue weighted by molar-refractivity contribution is 5.98. The number of carbonyl (C=O) groups excluding carboxylic acids is 1. The van der Waals surface area contributed by atoms with E-state index < -0.39 is 0 Å². The Morgan fingerprint density at radius 3 is 2.79 bits per heavy atom. The SMILES string of the molecule is O=C(Nc1ccccc1)Nc1ncnc2cncn12. The minimum Gasteiger partial charge on any atom is -0.308 e. The lowest BCUT2D eigenvalue weighted by molar-refractivity contribution is 0.262. The summed E-state index contributed by atoms with van der Waals surface area (Å²) >= 11 is 0. The average Bonchev–Trinajstić information content (AvgIpc) is 2.89. The first-order chi connectivity index (χ1) is 9.33. The van der Waals surface area contributed by atoms with Crippen LogP contribution in [0.25, 0.3) is 5.65 Å². The van der Waals surface area contributed by atoms with E-state index in [4.69, 9.17) is 0 Å². The van der Waals surface area contributed by atoms with Gasteiger partial charge < -0.3 is 5.32 Å². The molecule has 0 saturated heterocycles. The molecule has 0 aliphatic heterocycles. The van der Waals surface area contributed by atoms with Crippen molar-refractivity contribution in [3.63, 3.8) is 0 Å². The second-order valence-corrected chi connectivity index (χ2v) is 3.76. The number of imidazole rings is 1. The number of aromatic nitrogens is 4. The third-order valence-electron chi connectivity index (χ3n) is 2.47. The Hall–Kier alpha value is -2.96. The highest BCUT2D eigenvalue weighted by Crippen LogP contribution is 2.08. The van der Waals surface area contributed by atoms with Crippen molar-refractivity contribution in [2.24, 2.45) is 0 Å². The minimum atomic E-state index is -0.375. The standard InChI is InChI=1S/C12H10N6O/c19-12(16-9-4-2-1-3-5-9)17-11-15-7-14-10-6-13-8-18(10)11/h1-8H,(H2,14,15,16,17,19). The Kier molecular flexibility index (Phi) is 2.77. The zero-order valence-electron chi connectivity index (χ0n) is 9.82. The Morgan fingerprint density at radius 2 is 1.95 bits per heavy atom. The first kappa shape index (κ1) is 11.1. The van der Waals surface area contributed by atoms with E-state index in [-0.39, 0.29) is 6.03 Å². The van der Waals surface area contributed by atoms with Crippen LogP contribution in [0.4, 0.5) is 16.4 Å². The van der Waals surface area contributed by atoms with Gasteiger partial charge in [0.1, 0.15) is 12.7 Å². The van der Waals surface area contributed by atoms with Crippen molar-refractivity contribution in [2.45, 2.75) is 0 Å². The van der Waals surface area contributed by atoms with Crippen LogP contribution in [-0.4, -0.2) is 25.4 Å². The van der Waals surface area contributed by atoms with Gasteiger partial charge in [-0.15, -0.1) is 0 Å². The van der Waals surface area contributed by atoms with Crippen molar-refractivity contribution >= 4 is 23.3 Å². The average molecular weight is 254 g/mol. The van der Waals surface area contributed by atoms with Gasteiger partial charge in [-0.05, 0) is 12.1 Å². The number of anilines is 2. The molecule has 0 bridgehead atoms. The maximum Gasteiger partial charge on any atom is 0.326 e. The van der Waals surface area contributed by atoms with Gasteiger partial charge in [-0.1, -0.05) is 18.2 Å². The van der Waals surface area contributed by atoms with Crippen molar-refractivity contribution in [1.82, 2.24) is 19.4 Å². The Morgan fingerprint density at radius 1 is 1.11 bits per heavy atom.